The van der Waals surface area contributed by atoms with Crippen molar-refractivity contribution in [2.45, 2.75) is 50.6 Å². The molecule has 4 heteroatoms. The van der Waals surface area contributed by atoms with E-state index in [-0.39, 0.29) is 29.9 Å². The number of fused-ring (bicyclic) bond motifs is 5. The summed E-state index contributed by atoms with van der Waals surface area (Å²) in [5, 5.41) is 0. The average molecular weight is 454 g/mol. The van der Waals surface area contributed by atoms with Crippen molar-refractivity contribution in [2.75, 3.05) is 6.61 Å². The third kappa shape index (κ3) is 3.62. The van der Waals surface area contributed by atoms with Crippen molar-refractivity contribution in [3.05, 3.63) is 106 Å². The molecule has 2 bridgehead atoms. The van der Waals surface area contributed by atoms with Gasteiger partial charge in [0, 0.05) is 12.0 Å². The molecule has 2 aliphatic heterocycles. The van der Waals surface area contributed by atoms with Crippen molar-refractivity contribution < 1.29 is 13.9 Å². The number of amides is 1. The van der Waals surface area contributed by atoms with Gasteiger partial charge in [-0.15, -0.1) is 0 Å². The van der Waals surface area contributed by atoms with Gasteiger partial charge in [0.1, 0.15) is 12.4 Å². The molecule has 172 valence electrons. The van der Waals surface area contributed by atoms with Crippen LogP contribution in [0.1, 0.15) is 47.4 Å². The predicted octanol–water partition coefficient (Wildman–Crippen LogP) is 6.79. The average Bonchev–Trinajstić information content (AvgIpc) is 3.31. The van der Waals surface area contributed by atoms with Gasteiger partial charge < -0.3 is 4.74 Å². The van der Waals surface area contributed by atoms with Crippen molar-refractivity contribution in [1.29, 1.82) is 0 Å². The van der Waals surface area contributed by atoms with Crippen LogP contribution in [0.15, 0.2) is 78.4 Å². The molecule has 0 radical (unpaired) electrons. The second kappa shape index (κ2) is 8.43. The Bertz CT molecular complexity index is 1250. The normalized spacial score (nSPS) is 20.6. The fourth-order valence-electron chi connectivity index (χ4n) is 6.08. The van der Waals surface area contributed by atoms with Gasteiger partial charge in [0.25, 0.3) is 0 Å². The third-order valence-corrected chi connectivity index (χ3v) is 7.75. The number of carbonyl (C=O) groups excluding carboxylic acids is 1. The maximum absolute atomic E-state index is 13.7. The molecule has 2 heterocycles. The first-order valence-electron chi connectivity index (χ1n) is 12.2. The highest BCUT2D eigenvalue weighted by Crippen LogP contribution is 2.45. The van der Waals surface area contributed by atoms with E-state index in [0.29, 0.717) is 6.61 Å². The van der Waals surface area contributed by atoms with Gasteiger partial charge >= 0.3 is 6.09 Å². The lowest BCUT2D eigenvalue weighted by Gasteiger charge is -2.33. The standard InChI is InChI=1S/C30H28FNO2/c1-19-10-11-22(31)17-21(19)14-20-15-23-12-13-24(16-20)32(23)30(33)34-18-29-27-8-4-2-6-25(27)26-7-3-5-9-28(26)29/h2-11,15,17,23-24,29H,12-14,16,18H2,1H3. The second-order valence-electron chi connectivity index (χ2n) is 9.79. The molecule has 3 aromatic rings. The third-order valence-electron chi connectivity index (χ3n) is 7.75. The molecule has 3 aliphatic rings. The molecule has 0 N–H and O–H groups in total. The zero-order chi connectivity index (χ0) is 23.2. The summed E-state index contributed by atoms with van der Waals surface area (Å²) in [6, 6.07) is 22.0. The number of benzene rings is 3. The number of carbonyl (C=O) groups is 1. The van der Waals surface area contributed by atoms with Crippen molar-refractivity contribution >= 4 is 6.09 Å². The lowest BCUT2D eigenvalue weighted by atomic mass is 9.93. The molecule has 2 atom stereocenters. The fourth-order valence-corrected chi connectivity index (χ4v) is 6.08. The Hall–Kier alpha value is -3.40. The van der Waals surface area contributed by atoms with Crippen LogP contribution in [0.3, 0.4) is 0 Å². The smallest absolute Gasteiger partial charge is 0.410 e. The minimum atomic E-state index is -0.216. The van der Waals surface area contributed by atoms with E-state index in [1.165, 1.54) is 33.9 Å². The monoisotopic (exact) mass is 453 g/mol. The molecule has 1 fully saturated rings. The summed E-state index contributed by atoms with van der Waals surface area (Å²) in [4.78, 5) is 15.2. The molecule has 0 saturated carbocycles. The van der Waals surface area contributed by atoms with Crippen LogP contribution in [0.5, 0.6) is 0 Å². The molecule has 0 spiro atoms. The van der Waals surface area contributed by atoms with Crippen LogP contribution in [0.2, 0.25) is 0 Å². The molecule has 0 aromatic heterocycles. The highest BCUT2D eigenvalue weighted by atomic mass is 19.1. The first kappa shape index (κ1) is 21.2. The van der Waals surface area contributed by atoms with Crippen LogP contribution in [-0.2, 0) is 11.2 Å². The number of halogens is 1. The van der Waals surface area contributed by atoms with E-state index in [4.69, 9.17) is 4.74 Å². The summed E-state index contributed by atoms with van der Waals surface area (Å²) < 4.78 is 19.7. The van der Waals surface area contributed by atoms with Gasteiger partial charge in [-0.25, -0.2) is 9.18 Å². The highest BCUT2D eigenvalue weighted by molar-refractivity contribution is 5.79. The Morgan fingerprint density at radius 2 is 1.71 bits per heavy atom. The van der Waals surface area contributed by atoms with Crippen LogP contribution in [0, 0.1) is 12.7 Å². The zero-order valence-corrected chi connectivity index (χ0v) is 19.3. The second-order valence-corrected chi connectivity index (χ2v) is 9.79. The Labute approximate surface area is 199 Å². The van der Waals surface area contributed by atoms with E-state index >= 15 is 0 Å². The molecule has 3 aromatic carbocycles. The minimum Gasteiger partial charge on any atom is -0.448 e. The molecule has 1 saturated heterocycles. The minimum absolute atomic E-state index is 0.0678. The number of hydrogen-bond acceptors (Lipinski definition) is 2. The quantitative estimate of drug-likeness (QED) is 0.407. The van der Waals surface area contributed by atoms with Crippen molar-refractivity contribution in [3.8, 4) is 11.1 Å². The molecule has 2 unspecified atom stereocenters. The number of ether oxygens (including phenoxy) is 1. The fraction of sp³-hybridized carbons (Fsp3) is 0.300. The molecule has 34 heavy (non-hydrogen) atoms. The summed E-state index contributed by atoms with van der Waals surface area (Å²) in [7, 11) is 0. The highest BCUT2D eigenvalue weighted by Gasteiger charge is 2.41. The van der Waals surface area contributed by atoms with Crippen LogP contribution >= 0.6 is 0 Å². The zero-order valence-electron chi connectivity index (χ0n) is 19.3. The number of hydrogen-bond donors (Lipinski definition) is 0. The van der Waals surface area contributed by atoms with Crippen LogP contribution in [0.25, 0.3) is 11.1 Å². The van der Waals surface area contributed by atoms with Crippen molar-refractivity contribution in [3.63, 3.8) is 0 Å². The van der Waals surface area contributed by atoms with Crippen LogP contribution in [-0.4, -0.2) is 29.7 Å². The van der Waals surface area contributed by atoms with E-state index < -0.39 is 0 Å². The van der Waals surface area contributed by atoms with E-state index in [0.717, 1.165) is 36.8 Å². The summed E-state index contributed by atoms with van der Waals surface area (Å²) >= 11 is 0. The molecule has 6 rings (SSSR count). The molecule has 1 amide bonds. The first-order valence-corrected chi connectivity index (χ1v) is 12.2. The first-order chi connectivity index (χ1) is 16.6. The van der Waals surface area contributed by atoms with Crippen LogP contribution in [0.4, 0.5) is 9.18 Å². The van der Waals surface area contributed by atoms with Gasteiger partial charge in [-0.3, -0.25) is 4.90 Å². The van der Waals surface area contributed by atoms with E-state index in [9.17, 15) is 9.18 Å². The summed E-state index contributed by atoms with van der Waals surface area (Å²) in [6.45, 7) is 2.37. The molecular weight excluding hydrogens is 425 g/mol. The molecular formula is C30H28FNO2. The van der Waals surface area contributed by atoms with Gasteiger partial charge in [-0.1, -0.05) is 66.2 Å². The SMILES string of the molecule is Cc1ccc(F)cc1CC1=CC2CCC(C1)N2C(=O)OCC1c2ccccc2-c2ccccc21. The van der Waals surface area contributed by atoms with Crippen LogP contribution < -0.4 is 0 Å². The Kier molecular flexibility index (Phi) is 5.24. The predicted molar refractivity (Wildman–Crippen MR) is 131 cm³/mol. The number of nitrogens with zero attached hydrogens (tertiary/aromatic N) is 1. The Balaban J connectivity index is 1.17. The summed E-state index contributed by atoms with van der Waals surface area (Å²) in [5.41, 5.74) is 8.35. The van der Waals surface area contributed by atoms with Gasteiger partial charge in [-0.05, 0) is 78.1 Å². The lowest BCUT2D eigenvalue weighted by Crippen LogP contribution is -2.44. The van der Waals surface area contributed by atoms with E-state index in [1.54, 1.807) is 6.07 Å². The summed E-state index contributed by atoms with van der Waals surface area (Å²) in [6.07, 6.45) is 5.52. The number of aryl methyl sites for hydroxylation is 1. The van der Waals surface area contributed by atoms with Gasteiger partial charge in [0.2, 0.25) is 0 Å². The maximum atomic E-state index is 13.7. The Morgan fingerprint density at radius 3 is 2.41 bits per heavy atom. The van der Waals surface area contributed by atoms with Crippen molar-refractivity contribution in [2.24, 2.45) is 0 Å². The van der Waals surface area contributed by atoms with Crippen molar-refractivity contribution in [1.82, 2.24) is 4.90 Å². The number of rotatable bonds is 4. The van der Waals surface area contributed by atoms with E-state index in [2.05, 4.69) is 54.6 Å². The van der Waals surface area contributed by atoms with E-state index in [1.807, 2.05) is 17.9 Å². The van der Waals surface area contributed by atoms with Gasteiger partial charge in [-0.2, -0.15) is 0 Å². The topological polar surface area (TPSA) is 29.5 Å². The summed E-state index contributed by atoms with van der Waals surface area (Å²) in [5.74, 6) is -0.124. The maximum Gasteiger partial charge on any atom is 0.410 e. The van der Waals surface area contributed by atoms with Gasteiger partial charge in [0.15, 0.2) is 0 Å². The largest absolute Gasteiger partial charge is 0.448 e. The van der Waals surface area contributed by atoms with Gasteiger partial charge in [0.05, 0.1) is 6.04 Å². The molecule has 3 nitrogen and oxygen atoms in total. The lowest BCUT2D eigenvalue weighted by molar-refractivity contribution is 0.0849. The Morgan fingerprint density at radius 1 is 1.00 bits per heavy atom. The molecule has 1 aliphatic carbocycles.